The van der Waals surface area contributed by atoms with Crippen LogP contribution in [0.3, 0.4) is 0 Å². The minimum atomic E-state index is -0.767. The molecule has 9 heteroatoms. The number of anilines is 1. The summed E-state index contributed by atoms with van der Waals surface area (Å²) in [4.78, 5) is 22.7. The molecule has 0 heterocycles. The molecule has 8 nitrogen and oxygen atoms in total. The van der Waals surface area contributed by atoms with Crippen LogP contribution >= 0.6 is 15.9 Å². The molecule has 0 aliphatic rings. The van der Waals surface area contributed by atoms with Crippen molar-refractivity contribution in [3.05, 3.63) is 52.5 Å². The van der Waals surface area contributed by atoms with Crippen LogP contribution in [0.5, 0.6) is 11.5 Å². The molecule has 0 saturated carbocycles. The van der Waals surface area contributed by atoms with Crippen molar-refractivity contribution in [1.29, 1.82) is 0 Å². The molecule has 0 fully saturated rings. The number of nitrogens with one attached hydrogen (secondary N) is 2. The lowest BCUT2D eigenvalue weighted by molar-refractivity contribution is -0.118. The smallest absolute Gasteiger partial charge is 0.332 e. The maximum atomic E-state index is 12.1. The molecule has 0 spiro atoms. The van der Waals surface area contributed by atoms with Crippen LogP contribution in [0.25, 0.3) is 0 Å². The highest BCUT2D eigenvalue weighted by molar-refractivity contribution is 9.10. The molecule has 0 aromatic heterocycles. The van der Waals surface area contributed by atoms with Gasteiger partial charge < -0.3 is 20.5 Å². The molecular formula is C18H19BrN4O4. The van der Waals surface area contributed by atoms with Gasteiger partial charge in [-0.3, -0.25) is 4.79 Å². The van der Waals surface area contributed by atoms with Gasteiger partial charge in [0.15, 0.2) is 18.1 Å². The second kappa shape index (κ2) is 10.2. The van der Waals surface area contributed by atoms with Crippen LogP contribution in [-0.4, -0.2) is 31.4 Å². The summed E-state index contributed by atoms with van der Waals surface area (Å²) in [6.45, 7) is 2.05. The van der Waals surface area contributed by atoms with Crippen molar-refractivity contribution in [1.82, 2.24) is 5.43 Å². The molecule has 0 atom stereocenters. The Morgan fingerprint density at radius 2 is 1.89 bits per heavy atom. The van der Waals surface area contributed by atoms with E-state index in [9.17, 15) is 9.59 Å². The summed E-state index contributed by atoms with van der Waals surface area (Å²) in [7, 11) is 0. The lowest BCUT2D eigenvalue weighted by atomic mass is 10.2. The monoisotopic (exact) mass is 434 g/mol. The van der Waals surface area contributed by atoms with E-state index in [1.807, 2.05) is 25.1 Å². The number of halogens is 1. The number of ether oxygens (including phenoxy) is 2. The Morgan fingerprint density at radius 1 is 1.19 bits per heavy atom. The fraction of sp³-hybridized carbons (Fsp3) is 0.167. The van der Waals surface area contributed by atoms with Crippen molar-refractivity contribution >= 4 is 39.8 Å². The molecule has 2 aromatic rings. The molecule has 0 unspecified atom stereocenters. The molecular weight excluding hydrogens is 416 g/mol. The quantitative estimate of drug-likeness (QED) is 0.437. The Labute approximate surface area is 164 Å². The molecule has 0 bridgehead atoms. The van der Waals surface area contributed by atoms with E-state index in [0.29, 0.717) is 33.8 Å². The number of carbonyl (C=O) groups excluding carboxylic acids is 2. The second-order valence-electron chi connectivity index (χ2n) is 5.19. The summed E-state index contributed by atoms with van der Waals surface area (Å²) in [5.41, 5.74) is 8.39. The molecule has 2 aromatic carbocycles. The van der Waals surface area contributed by atoms with E-state index in [0.717, 1.165) is 0 Å². The van der Waals surface area contributed by atoms with Crippen LogP contribution in [0.15, 0.2) is 52.0 Å². The van der Waals surface area contributed by atoms with Crippen LogP contribution in [0.4, 0.5) is 10.5 Å². The van der Waals surface area contributed by atoms with Crippen LogP contribution in [0, 0.1) is 0 Å². The number of carbonyl (C=O) groups is 2. The minimum Gasteiger partial charge on any atom is -0.490 e. The van der Waals surface area contributed by atoms with E-state index < -0.39 is 6.03 Å². The van der Waals surface area contributed by atoms with Crippen molar-refractivity contribution < 1.29 is 19.1 Å². The fourth-order valence-corrected chi connectivity index (χ4v) is 2.48. The summed E-state index contributed by atoms with van der Waals surface area (Å²) < 4.78 is 11.8. The zero-order valence-corrected chi connectivity index (χ0v) is 16.2. The minimum absolute atomic E-state index is 0.182. The van der Waals surface area contributed by atoms with Gasteiger partial charge in [0.25, 0.3) is 5.91 Å². The predicted octanol–water partition coefficient (Wildman–Crippen LogP) is 2.87. The average molecular weight is 435 g/mol. The number of amides is 3. The van der Waals surface area contributed by atoms with E-state index in [1.54, 1.807) is 24.3 Å². The lowest BCUT2D eigenvalue weighted by Crippen LogP contribution is -2.24. The van der Waals surface area contributed by atoms with Gasteiger partial charge in [0, 0.05) is 15.7 Å². The molecule has 0 aliphatic carbocycles. The Bertz CT molecular complexity index is 828. The number of nitrogens with two attached hydrogens (primary N) is 1. The number of hydrazone groups is 1. The molecule has 0 saturated heterocycles. The Morgan fingerprint density at radius 3 is 2.56 bits per heavy atom. The van der Waals surface area contributed by atoms with Crippen molar-refractivity contribution in [2.24, 2.45) is 10.8 Å². The predicted molar refractivity (Wildman–Crippen MR) is 106 cm³/mol. The average Bonchev–Trinajstić information content (AvgIpc) is 2.63. The zero-order chi connectivity index (χ0) is 19.6. The Kier molecular flexibility index (Phi) is 7.63. The third kappa shape index (κ3) is 6.63. The highest BCUT2D eigenvalue weighted by Gasteiger charge is 2.12. The highest BCUT2D eigenvalue weighted by atomic mass is 79.9. The van der Waals surface area contributed by atoms with E-state index in [-0.39, 0.29) is 12.5 Å². The van der Waals surface area contributed by atoms with Crippen molar-refractivity contribution in [2.75, 3.05) is 18.5 Å². The largest absolute Gasteiger partial charge is 0.490 e. The normalized spacial score (nSPS) is 10.4. The second-order valence-corrected chi connectivity index (χ2v) is 6.04. The molecule has 2 rings (SSSR count). The van der Waals surface area contributed by atoms with E-state index in [2.05, 4.69) is 31.8 Å². The topological polar surface area (TPSA) is 115 Å². The molecule has 27 heavy (non-hydrogen) atoms. The summed E-state index contributed by atoms with van der Waals surface area (Å²) in [5.74, 6) is 0.539. The first kappa shape index (κ1) is 20.2. The van der Waals surface area contributed by atoms with Crippen LogP contribution in [0.2, 0.25) is 0 Å². The van der Waals surface area contributed by atoms with Gasteiger partial charge in [0.2, 0.25) is 0 Å². The lowest BCUT2D eigenvalue weighted by Gasteiger charge is -2.14. The van der Waals surface area contributed by atoms with Crippen molar-refractivity contribution in [3.63, 3.8) is 0 Å². The Balaban J connectivity index is 2.08. The number of primary amides is 1. The van der Waals surface area contributed by atoms with Crippen LogP contribution < -0.4 is 25.9 Å². The number of hydrogen-bond donors (Lipinski definition) is 3. The third-order valence-corrected chi connectivity index (χ3v) is 3.84. The molecule has 0 radical (unpaired) electrons. The van der Waals surface area contributed by atoms with E-state index >= 15 is 0 Å². The number of rotatable bonds is 8. The van der Waals surface area contributed by atoms with Gasteiger partial charge in [0.1, 0.15) is 0 Å². The van der Waals surface area contributed by atoms with Gasteiger partial charge in [-0.15, -0.1) is 0 Å². The van der Waals surface area contributed by atoms with E-state index in [1.165, 1.54) is 6.21 Å². The van der Waals surface area contributed by atoms with E-state index in [4.69, 9.17) is 15.2 Å². The first-order valence-corrected chi connectivity index (χ1v) is 8.81. The van der Waals surface area contributed by atoms with Gasteiger partial charge in [-0.1, -0.05) is 18.2 Å². The number of hydrogen-bond acceptors (Lipinski definition) is 5. The summed E-state index contributed by atoms with van der Waals surface area (Å²) >= 11 is 3.39. The molecule has 3 amide bonds. The van der Waals surface area contributed by atoms with Gasteiger partial charge in [-0.25, -0.2) is 10.2 Å². The standard InChI is InChI=1S/C18H19BrN4O4/c1-2-26-15-8-12(10-21-23-18(20)25)14(19)9-16(15)27-11-17(24)22-13-6-4-3-5-7-13/h3-10H,2,11H2,1H3,(H,22,24)(H3,20,23,25). The zero-order valence-electron chi connectivity index (χ0n) is 14.6. The SMILES string of the molecule is CCOc1cc(C=NNC(N)=O)c(Br)cc1OCC(=O)Nc1ccccc1. The number of para-hydroxylation sites is 1. The fourth-order valence-electron chi connectivity index (χ4n) is 2.06. The maximum Gasteiger partial charge on any atom is 0.332 e. The summed E-state index contributed by atoms with van der Waals surface area (Å²) in [6.07, 6.45) is 1.41. The van der Waals surface area contributed by atoms with Gasteiger partial charge >= 0.3 is 6.03 Å². The van der Waals surface area contributed by atoms with Crippen LogP contribution in [-0.2, 0) is 4.79 Å². The number of nitrogens with zero attached hydrogens (tertiary/aromatic N) is 1. The van der Waals surface area contributed by atoms with Crippen LogP contribution in [0.1, 0.15) is 12.5 Å². The highest BCUT2D eigenvalue weighted by Crippen LogP contribution is 2.33. The van der Waals surface area contributed by atoms with Crippen molar-refractivity contribution in [3.8, 4) is 11.5 Å². The first-order chi connectivity index (χ1) is 13.0. The van der Waals surface area contributed by atoms with Gasteiger partial charge in [-0.2, -0.15) is 5.10 Å². The number of urea groups is 1. The van der Waals surface area contributed by atoms with Gasteiger partial charge in [0.05, 0.1) is 12.8 Å². The van der Waals surface area contributed by atoms with Crippen molar-refractivity contribution in [2.45, 2.75) is 6.92 Å². The Hall–Kier alpha value is -3.07. The summed E-state index contributed by atoms with van der Waals surface area (Å²) in [6, 6.07) is 11.7. The van der Waals surface area contributed by atoms with Gasteiger partial charge in [-0.05, 0) is 47.1 Å². The molecule has 0 aliphatic heterocycles. The first-order valence-electron chi connectivity index (χ1n) is 8.02. The number of benzene rings is 2. The third-order valence-electron chi connectivity index (χ3n) is 3.16. The molecule has 4 N–H and O–H groups in total. The summed E-state index contributed by atoms with van der Waals surface area (Å²) in [5, 5.41) is 6.45. The molecule has 142 valence electrons. The maximum absolute atomic E-state index is 12.1.